The fourth-order valence-electron chi connectivity index (χ4n) is 1.94. The van der Waals surface area contributed by atoms with E-state index in [0.717, 1.165) is 25.9 Å². The Labute approximate surface area is 86.9 Å². The Morgan fingerprint density at radius 1 is 1.36 bits per heavy atom. The molecule has 1 saturated carbocycles. The first kappa shape index (κ1) is 12.0. The van der Waals surface area contributed by atoms with Crippen LogP contribution >= 0.6 is 0 Å². The smallest absolute Gasteiger partial charge is 0.0729 e. The van der Waals surface area contributed by atoms with Gasteiger partial charge in [0.2, 0.25) is 0 Å². The minimum Gasteiger partial charge on any atom is -0.385 e. The highest BCUT2D eigenvalue weighted by Gasteiger charge is 2.23. The fraction of sp³-hybridized carbons (Fsp3) is 1.00. The summed E-state index contributed by atoms with van der Waals surface area (Å²) in [5.41, 5.74) is 6.00. The van der Waals surface area contributed by atoms with Gasteiger partial charge in [-0.15, -0.1) is 0 Å². The van der Waals surface area contributed by atoms with Gasteiger partial charge >= 0.3 is 0 Å². The van der Waals surface area contributed by atoms with Crippen molar-refractivity contribution < 1.29 is 9.47 Å². The van der Waals surface area contributed by atoms with E-state index in [-0.39, 0.29) is 18.2 Å². The van der Waals surface area contributed by atoms with Crippen LogP contribution in [-0.2, 0) is 9.47 Å². The summed E-state index contributed by atoms with van der Waals surface area (Å²) in [6.07, 6.45) is 6.25. The lowest BCUT2D eigenvalue weighted by Crippen LogP contribution is -2.41. The molecule has 0 radical (unpaired) electrons. The molecule has 0 aliphatic heterocycles. The van der Waals surface area contributed by atoms with E-state index in [9.17, 15) is 0 Å². The van der Waals surface area contributed by atoms with Crippen LogP contribution in [0, 0.1) is 0 Å². The van der Waals surface area contributed by atoms with Gasteiger partial charge in [-0.2, -0.15) is 0 Å². The maximum Gasteiger partial charge on any atom is 0.0729 e. The molecule has 2 N–H and O–H groups in total. The Morgan fingerprint density at radius 2 is 2.07 bits per heavy atom. The molecule has 0 aromatic carbocycles. The van der Waals surface area contributed by atoms with Gasteiger partial charge in [0.05, 0.1) is 12.2 Å². The highest BCUT2D eigenvalue weighted by Crippen LogP contribution is 2.21. The molecule has 3 atom stereocenters. The third-order valence-corrected chi connectivity index (χ3v) is 2.89. The van der Waals surface area contributed by atoms with E-state index in [2.05, 4.69) is 6.92 Å². The Hall–Kier alpha value is -0.120. The van der Waals surface area contributed by atoms with Crippen molar-refractivity contribution in [1.29, 1.82) is 0 Å². The predicted molar refractivity (Wildman–Crippen MR) is 57.3 cm³/mol. The first-order valence-electron chi connectivity index (χ1n) is 5.64. The van der Waals surface area contributed by atoms with E-state index < -0.39 is 0 Å². The summed E-state index contributed by atoms with van der Waals surface area (Å²) in [5, 5.41) is 0. The molecule has 0 aromatic heterocycles. The van der Waals surface area contributed by atoms with Gasteiger partial charge in [-0.05, 0) is 26.2 Å². The number of hydrogen-bond donors (Lipinski definition) is 1. The zero-order valence-electron chi connectivity index (χ0n) is 9.37. The first-order valence-corrected chi connectivity index (χ1v) is 5.64. The maximum absolute atomic E-state index is 6.00. The normalized spacial score (nSPS) is 30.2. The predicted octanol–water partition coefficient (Wildman–Crippen LogP) is 1.70. The first-order chi connectivity index (χ1) is 6.74. The van der Waals surface area contributed by atoms with Crippen LogP contribution < -0.4 is 5.73 Å². The molecule has 1 fully saturated rings. The molecule has 0 saturated heterocycles. The van der Waals surface area contributed by atoms with Crippen LogP contribution in [0.2, 0.25) is 0 Å². The van der Waals surface area contributed by atoms with E-state index >= 15 is 0 Å². The molecule has 1 rings (SSSR count). The highest BCUT2D eigenvalue weighted by atomic mass is 16.5. The molecule has 3 nitrogen and oxygen atoms in total. The van der Waals surface area contributed by atoms with Crippen molar-refractivity contribution >= 4 is 0 Å². The third kappa shape index (κ3) is 3.95. The minimum absolute atomic E-state index is 0.244. The Kier molecular flexibility index (Phi) is 5.45. The van der Waals surface area contributed by atoms with Gasteiger partial charge in [-0.25, -0.2) is 0 Å². The molecule has 0 bridgehead atoms. The van der Waals surface area contributed by atoms with E-state index in [1.54, 1.807) is 7.11 Å². The summed E-state index contributed by atoms with van der Waals surface area (Å²) in [5.74, 6) is 0. The van der Waals surface area contributed by atoms with Gasteiger partial charge < -0.3 is 15.2 Å². The van der Waals surface area contributed by atoms with Gasteiger partial charge in [0, 0.05) is 19.8 Å². The summed E-state index contributed by atoms with van der Waals surface area (Å²) in [6, 6.07) is 0.244. The van der Waals surface area contributed by atoms with Crippen molar-refractivity contribution in [3.05, 3.63) is 0 Å². The molecule has 1 aliphatic carbocycles. The molecule has 84 valence electrons. The fourth-order valence-corrected chi connectivity index (χ4v) is 1.94. The summed E-state index contributed by atoms with van der Waals surface area (Å²) in [7, 11) is 1.72. The van der Waals surface area contributed by atoms with E-state index in [0.29, 0.717) is 0 Å². The van der Waals surface area contributed by atoms with Crippen LogP contribution in [-0.4, -0.2) is 32.0 Å². The lowest BCUT2D eigenvalue weighted by atomic mass is 9.93. The second kappa shape index (κ2) is 6.38. The minimum atomic E-state index is 0.244. The van der Waals surface area contributed by atoms with E-state index in [4.69, 9.17) is 15.2 Å². The Bertz CT molecular complexity index is 152. The van der Waals surface area contributed by atoms with E-state index in [1.807, 2.05) is 0 Å². The summed E-state index contributed by atoms with van der Waals surface area (Å²) >= 11 is 0. The van der Waals surface area contributed by atoms with E-state index in [1.165, 1.54) is 12.8 Å². The molecule has 3 unspecified atom stereocenters. The second-order valence-electron chi connectivity index (χ2n) is 4.21. The van der Waals surface area contributed by atoms with Crippen LogP contribution in [0.25, 0.3) is 0 Å². The van der Waals surface area contributed by atoms with Crippen molar-refractivity contribution in [2.24, 2.45) is 5.73 Å². The second-order valence-corrected chi connectivity index (χ2v) is 4.21. The van der Waals surface area contributed by atoms with Crippen LogP contribution in [0.4, 0.5) is 0 Å². The van der Waals surface area contributed by atoms with Crippen molar-refractivity contribution in [3.63, 3.8) is 0 Å². The number of nitrogens with two attached hydrogens (primary N) is 1. The zero-order chi connectivity index (χ0) is 10.4. The number of rotatable bonds is 5. The summed E-state index contributed by atoms with van der Waals surface area (Å²) in [4.78, 5) is 0. The molecule has 1 aliphatic rings. The molecule has 3 heteroatoms. The average Bonchev–Trinajstić information content (AvgIpc) is 2.18. The molecule has 14 heavy (non-hydrogen) atoms. The van der Waals surface area contributed by atoms with Gasteiger partial charge in [0.15, 0.2) is 0 Å². The Morgan fingerprint density at radius 3 is 2.71 bits per heavy atom. The lowest BCUT2D eigenvalue weighted by Gasteiger charge is -2.31. The van der Waals surface area contributed by atoms with Crippen LogP contribution in [0.3, 0.4) is 0 Å². The van der Waals surface area contributed by atoms with Crippen molar-refractivity contribution in [2.75, 3.05) is 13.7 Å². The standard InChI is InChI=1S/C11H23NO2/c1-9(7-8-13-2)14-11-6-4-3-5-10(11)12/h9-11H,3-8,12H2,1-2H3. The lowest BCUT2D eigenvalue weighted by molar-refractivity contribution is -0.0417. The number of methoxy groups -OCH3 is 1. The van der Waals surface area contributed by atoms with Gasteiger partial charge in [0.1, 0.15) is 0 Å². The molecule has 0 aromatic rings. The van der Waals surface area contributed by atoms with Crippen molar-refractivity contribution in [1.82, 2.24) is 0 Å². The van der Waals surface area contributed by atoms with Gasteiger partial charge in [-0.1, -0.05) is 12.8 Å². The number of ether oxygens (including phenoxy) is 2. The third-order valence-electron chi connectivity index (χ3n) is 2.89. The maximum atomic E-state index is 6.00. The topological polar surface area (TPSA) is 44.5 Å². The molecular weight excluding hydrogens is 178 g/mol. The molecule has 0 heterocycles. The van der Waals surface area contributed by atoms with Gasteiger partial charge in [0.25, 0.3) is 0 Å². The molecule has 0 amide bonds. The summed E-state index contributed by atoms with van der Waals surface area (Å²) in [6.45, 7) is 2.86. The number of hydrogen-bond acceptors (Lipinski definition) is 3. The largest absolute Gasteiger partial charge is 0.385 e. The molecule has 0 spiro atoms. The SMILES string of the molecule is COCCC(C)OC1CCCCC1N. The zero-order valence-corrected chi connectivity index (χ0v) is 9.37. The highest BCUT2D eigenvalue weighted by molar-refractivity contribution is 4.79. The summed E-state index contributed by atoms with van der Waals surface area (Å²) < 4.78 is 10.9. The van der Waals surface area contributed by atoms with Crippen LogP contribution in [0.1, 0.15) is 39.0 Å². The van der Waals surface area contributed by atoms with Gasteiger partial charge in [-0.3, -0.25) is 0 Å². The quantitative estimate of drug-likeness (QED) is 0.736. The van der Waals surface area contributed by atoms with Crippen LogP contribution in [0.5, 0.6) is 0 Å². The van der Waals surface area contributed by atoms with Crippen LogP contribution in [0.15, 0.2) is 0 Å². The average molecular weight is 201 g/mol. The van der Waals surface area contributed by atoms with Crippen molar-refractivity contribution in [2.45, 2.75) is 57.3 Å². The van der Waals surface area contributed by atoms with Crippen molar-refractivity contribution in [3.8, 4) is 0 Å². The molecular formula is C11H23NO2. The Balaban J connectivity index is 2.20. The monoisotopic (exact) mass is 201 g/mol.